The molecule has 29 heavy (non-hydrogen) atoms. The zero-order valence-electron chi connectivity index (χ0n) is 15.3. The van der Waals surface area contributed by atoms with Gasteiger partial charge in [-0.1, -0.05) is 23.2 Å². The summed E-state index contributed by atoms with van der Waals surface area (Å²) in [6.07, 6.45) is 7.08. The van der Waals surface area contributed by atoms with Gasteiger partial charge in [-0.2, -0.15) is 5.26 Å². The quantitative estimate of drug-likeness (QED) is 0.456. The van der Waals surface area contributed by atoms with Crippen molar-refractivity contribution in [2.75, 3.05) is 5.32 Å². The van der Waals surface area contributed by atoms with Crippen LogP contribution >= 0.6 is 34.5 Å². The van der Waals surface area contributed by atoms with Gasteiger partial charge in [-0.05, 0) is 67.7 Å². The van der Waals surface area contributed by atoms with Crippen molar-refractivity contribution < 1.29 is 9.21 Å². The molecule has 2 heterocycles. The Bertz CT molecular complexity index is 1130. The van der Waals surface area contributed by atoms with Crippen LogP contribution in [0.4, 0.5) is 5.00 Å². The van der Waals surface area contributed by atoms with Gasteiger partial charge >= 0.3 is 0 Å². The van der Waals surface area contributed by atoms with Gasteiger partial charge < -0.3 is 9.73 Å². The molecular weight excluding hydrogens is 427 g/mol. The maximum atomic E-state index is 12.4. The summed E-state index contributed by atoms with van der Waals surface area (Å²) < 4.78 is 5.76. The van der Waals surface area contributed by atoms with Crippen molar-refractivity contribution in [2.24, 2.45) is 0 Å². The fourth-order valence-corrected chi connectivity index (χ4v) is 5.15. The van der Waals surface area contributed by atoms with Gasteiger partial charge in [-0.25, -0.2) is 0 Å². The van der Waals surface area contributed by atoms with Crippen LogP contribution in [0.15, 0.2) is 40.8 Å². The highest BCUT2D eigenvalue weighted by Crippen LogP contribution is 2.37. The first-order chi connectivity index (χ1) is 14.0. The summed E-state index contributed by atoms with van der Waals surface area (Å²) >= 11 is 13.6. The molecule has 2 aromatic heterocycles. The molecule has 1 N–H and O–H groups in total. The number of nitrogens with one attached hydrogen (secondary N) is 1. The lowest BCUT2D eigenvalue weighted by Gasteiger charge is -2.09. The van der Waals surface area contributed by atoms with E-state index in [1.807, 2.05) is 0 Å². The fraction of sp³-hybridized carbons (Fsp3) is 0.182. The summed E-state index contributed by atoms with van der Waals surface area (Å²) in [4.78, 5) is 13.6. The number of thiophene rings is 1. The van der Waals surface area contributed by atoms with Crippen molar-refractivity contribution in [3.63, 3.8) is 0 Å². The van der Waals surface area contributed by atoms with Crippen molar-refractivity contribution in [2.45, 2.75) is 25.7 Å². The molecule has 1 amide bonds. The van der Waals surface area contributed by atoms with E-state index in [4.69, 9.17) is 27.6 Å². The molecule has 0 unspecified atom stereocenters. The molecule has 0 aliphatic heterocycles. The Morgan fingerprint density at radius 2 is 1.93 bits per heavy atom. The Balaban J connectivity index is 1.48. The molecule has 7 heteroatoms. The van der Waals surface area contributed by atoms with Gasteiger partial charge in [0.25, 0.3) is 0 Å². The average Bonchev–Trinajstić information content (AvgIpc) is 3.29. The van der Waals surface area contributed by atoms with Crippen molar-refractivity contribution >= 4 is 51.5 Å². The van der Waals surface area contributed by atoms with Gasteiger partial charge in [0.05, 0.1) is 5.56 Å². The molecule has 1 aromatic carbocycles. The first kappa shape index (κ1) is 19.8. The molecule has 0 fully saturated rings. The van der Waals surface area contributed by atoms with E-state index in [0.717, 1.165) is 36.8 Å². The van der Waals surface area contributed by atoms with E-state index < -0.39 is 0 Å². The predicted octanol–water partition coefficient (Wildman–Crippen LogP) is 6.72. The summed E-state index contributed by atoms with van der Waals surface area (Å²) in [6, 6.07) is 11.0. The average molecular weight is 443 g/mol. The highest BCUT2D eigenvalue weighted by Gasteiger charge is 2.21. The topological polar surface area (TPSA) is 66.0 Å². The number of fused-ring (bicyclic) bond motifs is 1. The number of anilines is 1. The summed E-state index contributed by atoms with van der Waals surface area (Å²) in [7, 11) is 0. The largest absolute Gasteiger partial charge is 0.457 e. The van der Waals surface area contributed by atoms with Crippen LogP contribution in [0, 0.1) is 11.3 Å². The molecular formula is C22H16Cl2N2O2S. The molecule has 146 valence electrons. The predicted molar refractivity (Wildman–Crippen MR) is 118 cm³/mol. The lowest BCUT2D eigenvalue weighted by molar-refractivity contribution is -0.111. The zero-order chi connectivity index (χ0) is 20.4. The molecule has 0 radical (unpaired) electrons. The summed E-state index contributed by atoms with van der Waals surface area (Å²) in [5.41, 5.74) is 2.46. The summed E-state index contributed by atoms with van der Waals surface area (Å²) in [5, 5.41) is 14.0. The Morgan fingerprint density at radius 3 is 2.69 bits per heavy atom. The highest BCUT2D eigenvalue weighted by atomic mass is 35.5. The monoisotopic (exact) mass is 442 g/mol. The molecule has 0 saturated carbocycles. The fourth-order valence-electron chi connectivity index (χ4n) is 3.38. The maximum Gasteiger partial charge on any atom is 0.249 e. The van der Waals surface area contributed by atoms with Gasteiger partial charge in [0.2, 0.25) is 5.91 Å². The molecule has 0 bridgehead atoms. The van der Waals surface area contributed by atoms with Gasteiger partial charge in [0.1, 0.15) is 22.6 Å². The first-order valence-electron chi connectivity index (χ1n) is 9.13. The number of hydrogen-bond acceptors (Lipinski definition) is 4. The second-order valence-corrected chi connectivity index (χ2v) is 8.69. The van der Waals surface area contributed by atoms with Crippen LogP contribution in [-0.4, -0.2) is 5.91 Å². The minimum Gasteiger partial charge on any atom is -0.457 e. The highest BCUT2D eigenvalue weighted by molar-refractivity contribution is 7.16. The van der Waals surface area contributed by atoms with Crippen LogP contribution in [-0.2, 0) is 17.6 Å². The van der Waals surface area contributed by atoms with Gasteiger partial charge in [0, 0.05) is 26.6 Å². The van der Waals surface area contributed by atoms with Crippen LogP contribution in [0.5, 0.6) is 0 Å². The van der Waals surface area contributed by atoms with Crippen LogP contribution in [0.3, 0.4) is 0 Å². The number of nitriles is 1. The lowest BCUT2D eigenvalue weighted by Crippen LogP contribution is -2.07. The number of rotatable bonds is 4. The van der Waals surface area contributed by atoms with E-state index in [2.05, 4.69) is 11.4 Å². The number of furan rings is 1. The Morgan fingerprint density at radius 1 is 1.17 bits per heavy atom. The minimum absolute atomic E-state index is 0.302. The number of amides is 1. The van der Waals surface area contributed by atoms with E-state index in [-0.39, 0.29) is 5.91 Å². The van der Waals surface area contributed by atoms with Crippen molar-refractivity contribution in [3.05, 3.63) is 68.2 Å². The Labute approximate surface area is 182 Å². The van der Waals surface area contributed by atoms with Crippen LogP contribution < -0.4 is 5.32 Å². The molecule has 0 atom stereocenters. The SMILES string of the molecule is N#Cc1c(NC(=O)/C=C/c2ccc(-c3cc(Cl)cc(Cl)c3)o2)sc2c1CCCC2. The van der Waals surface area contributed by atoms with E-state index in [1.54, 1.807) is 36.4 Å². The second kappa shape index (κ2) is 8.46. The van der Waals surface area contributed by atoms with Crippen LogP contribution in [0.25, 0.3) is 17.4 Å². The molecule has 4 rings (SSSR count). The number of halogens is 2. The summed E-state index contributed by atoms with van der Waals surface area (Å²) in [5.74, 6) is 0.827. The van der Waals surface area contributed by atoms with Gasteiger partial charge in [-0.3, -0.25) is 4.79 Å². The van der Waals surface area contributed by atoms with Crippen LogP contribution in [0.1, 0.15) is 34.6 Å². The van der Waals surface area contributed by atoms with Crippen molar-refractivity contribution in [3.8, 4) is 17.4 Å². The number of carbonyl (C=O) groups is 1. The third kappa shape index (κ3) is 4.40. The number of carbonyl (C=O) groups excluding carboxylic acids is 1. The molecule has 1 aliphatic carbocycles. The molecule has 1 aliphatic rings. The molecule has 3 aromatic rings. The van der Waals surface area contributed by atoms with Crippen molar-refractivity contribution in [1.29, 1.82) is 5.26 Å². The third-order valence-corrected chi connectivity index (χ3v) is 6.34. The van der Waals surface area contributed by atoms with E-state index in [9.17, 15) is 10.1 Å². The molecule has 0 saturated heterocycles. The normalized spacial score (nSPS) is 13.3. The summed E-state index contributed by atoms with van der Waals surface area (Å²) in [6.45, 7) is 0. The standard InChI is InChI=1S/C22H16Cl2N2O2S/c23-14-9-13(10-15(24)11-14)19-7-5-16(28-19)6-8-21(27)26-22-18(12-25)17-3-1-2-4-20(17)29-22/h5-11H,1-4H2,(H,26,27)/b8-6+. The molecule has 0 spiro atoms. The second-order valence-electron chi connectivity index (χ2n) is 6.71. The number of nitrogens with zero attached hydrogens (tertiary/aromatic N) is 1. The first-order valence-corrected chi connectivity index (χ1v) is 10.7. The number of aryl methyl sites for hydroxylation is 1. The zero-order valence-corrected chi connectivity index (χ0v) is 17.6. The van der Waals surface area contributed by atoms with Crippen molar-refractivity contribution in [1.82, 2.24) is 0 Å². The minimum atomic E-state index is -0.302. The molecule has 4 nitrogen and oxygen atoms in total. The van der Waals surface area contributed by atoms with E-state index >= 15 is 0 Å². The number of hydrogen-bond donors (Lipinski definition) is 1. The van der Waals surface area contributed by atoms with Gasteiger partial charge in [-0.15, -0.1) is 11.3 Å². The number of benzene rings is 1. The lowest BCUT2D eigenvalue weighted by atomic mass is 9.96. The Hall–Kier alpha value is -2.52. The Kier molecular flexibility index (Phi) is 5.77. The van der Waals surface area contributed by atoms with E-state index in [0.29, 0.717) is 32.1 Å². The maximum absolute atomic E-state index is 12.4. The van der Waals surface area contributed by atoms with E-state index in [1.165, 1.54) is 22.3 Å². The van der Waals surface area contributed by atoms with Crippen LogP contribution in [0.2, 0.25) is 10.0 Å². The smallest absolute Gasteiger partial charge is 0.249 e. The third-order valence-electron chi connectivity index (χ3n) is 4.69. The van der Waals surface area contributed by atoms with Gasteiger partial charge in [0.15, 0.2) is 0 Å².